The van der Waals surface area contributed by atoms with Gasteiger partial charge in [0.25, 0.3) is 5.69 Å². The van der Waals surface area contributed by atoms with Gasteiger partial charge in [-0.3, -0.25) is 14.9 Å². The standard InChI is InChI=1S/C16H19NO10/c1-24-6-7-26-9-8-25-5-4-13(18)12-10-11(17(22)23)2-3-14(12)27-16(21)15(19)20/h2-3,10H,4-9H2,1H3,(H,19,20). The average Bonchev–Trinajstić information content (AvgIpc) is 2.63. The molecule has 0 fully saturated rings. The third-order valence-electron chi connectivity index (χ3n) is 3.13. The Bertz CT molecular complexity index is 688. The molecule has 0 radical (unpaired) electrons. The van der Waals surface area contributed by atoms with Crippen LogP contribution in [0.5, 0.6) is 5.75 Å². The summed E-state index contributed by atoms with van der Waals surface area (Å²) in [5.41, 5.74) is -0.681. The highest BCUT2D eigenvalue weighted by Crippen LogP contribution is 2.25. The van der Waals surface area contributed by atoms with Crippen LogP contribution in [0.3, 0.4) is 0 Å². The van der Waals surface area contributed by atoms with Crippen LogP contribution in [0.2, 0.25) is 0 Å². The molecule has 0 atom stereocenters. The fourth-order valence-electron chi connectivity index (χ4n) is 1.85. The molecule has 1 rings (SSSR count). The van der Waals surface area contributed by atoms with Crippen LogP contribution in [-0.4, -0.2) is 67.9 Å². The number of methoxy groups -OCH3 is 1. The van der Waals surface area contributed by atoms with E-state index in [9.17, 15) is 24.5 Å². The predicted octanol–water partition coefficient (Wildman–Crippen LogP) is 0.837. The molecule has 0 bridgehead atoms. The second-order valence-corrected chi connectivity index (χ2v) is 5.02. The quantitative estimate of drug-likeness (QED) is 0.104. The number of nitrogens with zero attached hydrogens (tertiary/aromatic N) is 1. The molecule has 0 amide bonds. The maximum absolute atomic E-state index is 12.3. The van der Waals surface area contributed by atoms with E-state index in [1.807, 2.05) is 0 Å². The molecule has 1 aromatic carbocycles. The van der Waals surface area contributed by atoms with Crippen LogP contribution in [0.1, 0.15) is 16.8 Å². The smallest absolute Gasteiger partial charge is 0.422 e. The second-order valence-electron chi connectivity index (χ2n) is 5.02. The Morgan fingerprint density at radius 3 is 2.30 bits per heavy atom. The monoisotopic (exact) mass is 385 g/mol. The van der Waals surface area contributed by atoms with Gasteiger partial charge in [0.15, 0.2) is 5.78 Å². The summed E-state index contributed by atoms with van der Waals surface area (Å²) in [6, 6.07) is 2.91. The van der Waals surface area contributed by atoms with E-state index in [0.717, 1.165) is 18.2 Å². The van der Waals surface area contributed by atoms with Crippen molar-refractivity contribution >= 4 is 23.4 Å². The summed E-state index contributed by atoms with van der Waals surface area (Å²) >= 11 is 0. The first-order chi connectivity index (χ1) is 12.9. The van der Waals surface area contributed by atoms with Crippen LogP contribution < -0.4 is 4.74 Å². The van der Waals surface area contributed by atoms with Crippen molar-refractivity contribution in [2.75, 3.05) is 40.1 Å². The maximum Gasteiger partial charge on any atom is 0.422 e. The Balaban J connectivity index is 2.67. The minimum Gasteiger partial charge on any atom is -0.473 e. The van der Waals surface area contributed by atoms with Gasteiger partial charge in [0.2, 0.25) is 0 Å². The topological polar surface area (TPSA) is 152 Å². The van der Waals surface area contributed by atoms with E-state index < -0.39 is 28.3 Å². The van der Waals surface area contributed by atoms with E-state index in [0.29, 0.717) is 19.8 Å². The molecule has 0 aliphatic carbocycles. The molecule has 0 aliphatic heterocycles. The molecule has 0 aliphatic rings. The van der Waals surface area contributed by atoms with Gasteiger partial charge in [-0.15, -0.1) is 0 Å². The van der Waals surface area contributed by atoms with Gasteiger partial charge in [-0.25, -0.2) is 9.59 Å². The van der Waals surface area contributed by atoms with Crippen LogP contribution in [0, 0.1) is 10.1 Å². The van der Waals surface area contributed by atoms with Crippen LogP contribution in [0.15, 0.2) is 18.2 Å². The number of hydrogen-bond acceptors (Lipinski definition) is 9. The molecule has 27 heavy (non-hydrogen) atoms. The molecule has 148 valence electrons. The van der Waals surface area contributed by atoms with Crippen molar-refractivity contribution in [1.82, 2.24) is 0 Å². The number of benzene rings is 1. The van der Waals surface area contributed by atoms with Crippen LogP contribution in [0.25, 0.3) is 0 Å². The first-order valence-corrected chi connectivity index (χ1v) is 7.78. The van der Waals surface area contributed by atoms with Crippen molar-refractivity contribution in [2.24, 2.45) is 0 Å². The van der Waals surface area contributed by atoms with Crippen LogP contribution in [-0.2, 0) is 23.8 Å². The van der Waals surface area contributed by atoms with Gasteiger partial charge in [0.05, 0.1) is 43.5 Å². The van der Waals surface area contributed by atoms with E-state index in [1.54, 1.807) is 7.11 Å². The van der Waals surface area contributed by atoms with Crippen molar-refractivity contribution in [2.45, 2.75) is 6.42 Å². The summed E-state index contributed by atoms with van der Waals surface area (Å²) in [6.45, 7) is 1.39. The molecule has 11 nitrogen and oxygen atoms in total. The Morgan fingerprint density at radius 1 is 1.07 bits per heavy atom. The number of nitro benzene ring substituents is 1. The zero-order valence-electron chi connectivity index (χ0n) is 14.5. The highest BCUT2D eigenvalue weighted by Gasteiger charge is 2.22. The SMILES string of the molecule is COCCOCCOCCC(=O)c1cc([N+](=O)[O-])ccc1OC(=O)C(=O)O. The number of Topliss-reactive ketones (excluding diaryl/α,β-unsaturated/α-hetero) is 1. The number of ether oxygens (including phenoxy) is 4. The van der Waals surface area contributed by atoms with E-state index in [4.69, 9.17) is 19.3 Å². The highest BCUT2D eigenvalue weighted by atomic mass is 16.6. The zero-order valence-corrected chi connectivity index (χ0v) is 14.5. The minimum absolute atomic E-state index is 0.00147. The summed E-state index contributed by atoms with van der Waals surface area (Å²) in [7, 11) is 1.54. The lowest BCUT2D eigenvalue weighted by Crippen LogP contribution is -2.20. The highest BCUT2D eigenvalue weighted by molar-refractivity contribution is 6.29. The molecule has 0 saturated heterocycles. The number of carboxylic acids is 1. The van der Waals surface area contributed by atoms with Crippen LogP contribution in [0.4, 0.5) is 5.69 Å². The summed E-state index contributed by atoms with van der Waals surface area (Å²) in [6.07, 6.45) is -0.156. The first-order valence-electron chi connectivity index (χ1n) is 7.78. The summed E-state index contributed by atoms with van der Waals surface area (Å²) in [4.78, 5) is 44.2. The number of esters is 1. The number of aliphatic carboxylic acids is 1. The van der Waals surface area contributed by atoms with Gasteiger partial charge < -0.3 is 24.1 Å². The van der Waals surface area contributed by atoms with Crippen molar-refractivity contribution in [3.8, 4) is 5.75 Å². The molecule has 11 heteroatoms. The molecular formula is C16H19NO10. The lowest BCUT2D eigenvalue weighted by Gasteiger charge is -2.09. The summed E-state index contributed by atoms with van der Waals surface area (Å²) in [5, 5.41) is 19.5. The van der Waals surface area contributed by atoms with Crippen molar-refractivity contribution in [3.05, 3.63) is 33.9 Å². The average molecular weight is 385 g/mol. The Hall–Kier alpha value is -2.89. The number of rotatable bonds is 12. The normalized spacial score (nSPS) is 10.4. The second kappa shape index (κ2) is 11.7. The number of ketones is 1. The van der Waals surface area contributed by atoms with E-state index >= 15 is 0 Å². The molecule has 1 aromatic rings. The Labute approximate surface area is 153 Å². The third kappa shape index (κ3) is 7.90. The van der Waals surface area contributed by atoms with E-state index in [1.165, 1.54) is 0 Å². The number of non-ortho nitro benzene ring substituents is 1. The van der Waals surface area contributed by atoms with Gasteiger partial charge in [-0.1, -0.05) is 0 Å². The van der Waals surface area contributed by atoms with Crippen molar-refractivity contribution < 1.29 is 43.4 Å². The third-order valence-corrected chi connectivity index (χ3v) is 3.13. The molecule has 0 aromatic heterocycles. The Kier molecular flexibility index (Phi) is 9.58. The minimum atomic E-state index is -1.86. The number of carbonyl (C=O) groups is 3. The largest absolute Gasteiger partial charge is 0.473 e. The summed E-state index contributed by atoms with van der Waals surface area (Å²) < 4.78 is 19.8. The van der Waals surface area contributed by atoms with Gasteiger partial charge in [-0.05, 0) is 6.07 Å². The lowest BCUT2D eigenvalue weighted by molar-refractivity contribution is -0.384. The van der Waals surface area contributed by atoms with Gasteiger partial charge in [-0.2, -0.15) is 0 Å². The van der Waals surface area contributed by atoms with Gasteiger partial charge in [0.1, 0.15) is 5.75 Å². The zero-order chi connectivity index (χ0) is 20.2. The van der Waals surface area contributed by atoms with Crippen LogP contribution >= 0.6 is 0 Å². The molecular weight excluding hydrogens is 366 g/mol. The number of carbonyl (C=O) groups excluding carboxylic acids is 2. The number of carboxylic acid groups (broad SMARTS) is 1. The Morgan fingerprint density at radius 2 is 1.70 bits per heavy atom. The van der Waals surface area contributed by atoms with Gasteiger partial charge in [0, 0.05) is 25.7 Å². The number of nitro groups is 1. The van der Waals surface area contributed by atoms with Crippen molar-refractivity contribution in [3.63, 3.8) is 0 Å². The molecule has 0 unspecified atom stereocenters. The number of hydrogen-bond donors (Lipinski definition) is 1. The van der Waals surface area contributed by atoms with E-state index in [-0.39, 0.29) is 30.9 Å². The molecule has 1 N–H and O–H groups in total. The fourth-order valence-corrected chi connectivity index (χ4v) is 1.85. The predicted molar refractivity (Wildman–Crippen MR) is 88.8 cm³/mol. The van der Waals surface area contributed by atoms with Gasteiger partial charge >= 0.3 is 11.9 Å². The van der Waals surface area contributed by atoms with Crippen molar-refractivity contribution in [1.29, 1.82) is 0 Å². The maximum atomic E-state index is 12.3. The fraction of sp³-hybridized carbons (Fsp3) is 0.438. The molecule has 0 saturated carbocycles. The first kappa shape index (κ1) is 22.2. The molecule has 0 spiro atoms. The van der Waals surface area contributed by atoms with E-state index in [2.05, 4.69) is 4.74 Å². The molecule has 0 heterocycles. The lowest BCUT2D eigenvalue weighted by atomic mass is 10.1. The summed E-state index contributed by atoms with van der Waals surface area (Å²) in [5.74, 6) is -4.45.